The molecule has 1 aromatic carbocycles. The molecule has 0 spiro atoms. The summed E-state index contributed by atoms with van der Waals surface area (Å²) in [5.41, 5.74) is 0.133. The Morgan fingerprint density at radius 2 is 2.21 bits per heavy atom. The summed E-state index contributed by atoms with van der Waals surface area (Å²) in [5, 5.41) is 5.60. The van der Waals surface area contributed by atoms with Crippen molar-refractivity contribution in [1.29, 1.82) is 0 Å². The summed E-state index contributed by atoms with van der Waals surface area (Å²) in [6, 6.07) is 3.13. The predicted octanol–water partition coefficient (Wildman–Crippen LogP) is 0.815. The lowest BCUT2D eigenvalue weighted by Gasteiger charge is -2.16. The van der Waals surface area contributed by atoms with E-state index in [2.05, 4.69) is 10.6 Å². The first-order chi connectivity index (χ1) is 9.11. The van der Waals surface area contributed by atoms with E-state index in [-0.39, 0.29) is 30.0 Å². The van der Waals surface area contributed by atoms with Gasteiger partial charge in [0, 0.05) is 18.2 Å². The van der Waals surface area contributed by atoms with Crippen molar-refractivity contribution in [3.63, 3.8) is 0 Å². The molecule has 2 unspecified atom stereocenters. The molecule has 4 nitrogen and oxygen atoms in total. The van der Waals surface area contributed by atoms with Crippen LogP contribution in [-0.4, -0.2) is 32.2 Å². The minimum absolute atomic E-state index is 0.0324. The summed E-state index contributed by atoms with van der Waals surface area (Å²) in [6.45, 7) is 0.779. The second-order valence-corrected chi connectivity index (χ2v) is 4.49. The molecule has 0 radical (unpaired) electrons. The number of halogens is 2. The Morgan fingerprint density at radius 3 is 2.95 bits per heavy atom. The molecule has 1 aliphatic heterocycles. The molecule has 1 heterocycles. The fourth-order valence-corrected chi connectivity index (χ4v) is 2.09. The van der Waals surface area contributed by atoms with Crippen LogP contribution in [0.25, 0.3) is 0 Å². The van der Waals surface area contributed by atoms with Gasteiger partial charge in [-0.15, -0.1) is 0 Å². The maximum atomic E-state index is 13.4. The van der Waals surface area contributed by atoms with Crippen molar-refractivity contribution < 1.29 is 18.3 Å². The Hall–Kier alpha value is -1.53. The number of likely N-dealkylation sites (N-methyl/N-ethyl adjacent to an activating group) is 1. The lowest BCUT2D eigenvalue weighted by Crippen LogP contribution is -2.42. The average molecular weight is 270 g/mol. The highest BCUT2D eigenvalue weighted by molar-refractivity contribution is 5.79. The van der Waals surface area contributed by atoms with Crippen molar-refractivity contribution in [3.8, 4) is 0 Å². The van der Waals surface area contributed by atoms with Gasteiger partial charge >= 0.3 is 0 Å². The second kappa shape index (κ2) is 6.08. The summed E-state index contributed by atoms with van der Waals surface area (Å²) >= 11 is 0. The molecule has 2 rings (SSSR count). The van der Waals surface area contributed by atoms with Gasteiger partial charge in [-0.25, -0.2) is 8.78 Å². The molecule has 19 heavy (non-hydrogen) atoms. The largest absolute Gasteiger partial charge is 0.379 e. The van der Waals surface area contributed by atoms with Crippen molar-refractivity contribution in [2.45, 2.75) is 12.6 Å². The first-order valence-corrected chi connectivity index (χ1v) is 6.08. The number of hydrogen-bond acceptors (Lipinski definition) is 3. The van der Waals surface area contributed by atoms with E-state index in [0.717, 1.165) is 18.2 Å². The number of rotatable bonds is 4. The van der Waals surface area contributed by atoms with E-state index in [1.54, 1.807) is 7.05 Å². The monoisotopic (exact) mass is 270 g/mol. The van der Waals surface area contributed by atoms with E-state index in [9.17, 15) is 13.6 Å². The number of hydrogen-bond donors (Lipinski definition) is 2. The average Bonchev–Trinajstić information content (AvgIpc) is 2.88. The summed E-state index contributed by atoms with van der Waals surface area (Å²) in [5.74, 6) is -1.58. The summed E-state index contributed by atoms with van der Waals surface area (Å²) in [6.07, 6.45) is 0. The predicted molar refractivity (Wildman–Crippen MR) is 65.4 cm³/mol. The highest BCUT2D eigenvalue weighted by Gasteiger charge is 2.32. The van der Waals surface area contributed by atoms with Crippen LogP contribution in [0.4, 0.5) is 8.78 Å². The first kappa shape index (κ1) is 13.9. The van der Waals surface area contributed by atoms with E-state index in [1.807, 2.05) is 0 Å². The first-order valence-electron chi connectivity index (χ1n) is 6.08. The van der Waals surface area contributed by atoms with Crippen molar-refractivity contribution >= 4 is 5.91 Å². The van der Waals surface area contributed by atoms with Crippen LogP contribution in [0.2, 0.25) is 0 Å². The van der Waals surface area contributed by atoms with Crippen molar-refractivity contribution in [2.75, 3.05) is 20.3 Å². The summed E-state index contributed by atoms with van der Waals surface area (Å²) in [7, 11) is 1.76. The van der Waals surface area contributed by atoms with Crippen molar-refractivity contribution in [1.82, 2.24) is 10.6 Å². The Labute approximate surface area is 110 Å². The lowest BCUT2D eigenvalue weighted by atomic mass is 10.0. The zero-order chi connectivity index (χ0) is 13.8. The molecule has 2 N–H and O–H groups in total. The Kier molecular flexibility index (Phi) is 4.44. The van der Waals surface area contributed by atoms with E-state index >= 15 is 0 Å². The highest BCUT2D eigenvalue weighted by Crippen LogP contribution is 2.14. The van der Waals surface area contributed by atoms with Gasteiger partial charge in [0.1, 0.15) is 11.6 Å². The van der Waals surface area contributed by atoms with Crippen molar-refractivity contribution in [2.24, 2.45) is 5.92 Å². The number of carbonyl (C=O) groups excluding carboxylic acids is 1. The van der Waals surface area contributed by atoms with Gasteiger partial charge in [-0.1, -0.05) is 0 Å². The van der Waals surface area contributed by atoms with Gasteiger partial charge in [0.25, 0.3) is 0 Å². The molecule has 6 heteroatoms. The van der Waals surface area contributed by atoms with Crippen LogP contribution in [-0.2, 0) is 16.1 Å². The molecule has 0 aliphatic carbocycles. The standard InChI is InChI=1S/C13H16F2N2O2/c1-16-12-7-19-6-10(12)13(18)17-5-8-4-9(14)2-3-11(8)15/h2-4,10,12,16H,5-7H2,1H3,(H,17,18). The van der Waals surface area contributed by atoms with Crippen LogP contribution >= 0.6 is 0 Å². The Morgan fingerprint density at radius 1 is 1.42 bits per heavy atom. The molecule has 104 valence electrons. The Bertz CT molecular complexity index is 468. The molecule has 1 amide bonds. The number of ether oxygens (including phenoxy) is 1. The number of nitrogens with one attached hydrogen (secondary N) is 2. The molecule has 1 aromatic rings. The van der Waals surface area contributed by atoms with Crippen LogP contribution < -0.4 is 10.6 Å². The quantitative estimate of drug-likeness (QED) is 0.851. The summed E-state index contributed by atoms with van der Waals surface area (Å²) in [4.78, 5) is 11.9. The third-order valence-electron chi connectivity index (χ3n) is 3.25. The van der Waals surface area contributed by atoms with Gasteiger partial charge in [-0.05, 0) is 25.2 Å². The van der Waals surface area contributed by atoms with E-state index in [4.69, 9.17) is 4.74 Å². The zero-order valence-electron chi connectivity index (χ0n) is 10.6. The third-order valence-corrected chi connectivity index (χ3v) is 3.25. The van der Waals surface area contributed by atoms with Crippen LogP contribution in [0.5, 0.6) is 0 Å². The maximum absolute atomic E-state index is 13.4. The Balaban J connectivity index is 1.95. The van der Waals surface area contributed by atoms with Gasteiger partial charge in [0.15, 0.2) is 0 Å². The van der Waals surface area contributed by atoms with Crippen LogP contribution in [0.3, 0.4) is 0 Å². The topological polar surface area (TPSA) is 50.4 Å². The number of carbonyl (C=O) groups is 1. The van der Waals surface area contributed by atoms with Crippen LogP contribution in [0.15, 0.2) is 18.2 Å². The fourth-order valence-electron chi connectivity index (χ4n) is 2.09. The van der Waals surface area contributed by atoms with Gasteiger partial charge in [0.05, 0.1) is 19.1 Å². The molecule has 1 aliphatic rings. The molecule has 0 aromatic heterocycles. The molecule has 1 fully saturated rings. The van der Waals surface area contributed by atoms with E-state index in [0.29, 0.717) is 13.2 Å². The zero-order valence-corrected chi connectivity index (χ0v) is 10.6. The fraction of sp³-hybridized carbons (Fsp3) is 0.462. The van der Waals surface area contributed by atoms with Gasteiger partial charge in [-0.3, -0.25) is 4.79 Å². The lowest BCUT2D eigenvalue weighted by molar-refractivity contribution is -0.125. The SMILES string of the molecule is CNC1COCC1C(=O)NCc1cc(F)ccc1F. The molecule has 2 atom stereocenters. The van der Waals surface area contributed by atoms with E-state index in [1.165, 1.54) is 0 Å². The molecular weight excluding hydrogens is 254 g/mol. The minimum atomic E-state index is -0.533. The van der Waals surface area contributed by atoms with Crippen LogP contribution in [0.1, 0.15) is 5.56 Å². The smallest absolute Gasteiger partial charge is 0.227 e. The molecule has 0 bridgehead atoms. The maximum Gasteiger partial charge on any atom is 0.227 e. The van der Waals surface area contributed by atoms with Crippen molar-refractivity contribution in [3.05, 3.63) is 35.4 Å². The molecule has 0 saturated carbocycles. The summed E-state index contributed by atoms with van der Waals surface area (Å²) < 4.78 is 31.6. The highest BCUT2D eigenvalue weighted by atomic mass is 19.1. The molecule has 1 saturated heterocycles. The van der Waals surface area contributed by atoms with E-state index < -0.39 is 11.6 Å². The normalized spacial score (nSPS) is 22.5. The second-order valence-electron chi connectivity index (χ2n) is 4.49. The van der Waals surface area contributed by atoms with Gasteiger partial charge in [-0.2, -0.15) is 0 Å². The van der Waals surface area contributed by atoms with Gasteiger partial charge < -0.3 is 15.4 Å². The number of amides is 1. The third kappa shape index (κ3) is 3.27. The number of benzene rings is 1. The minimum Gasteiger partial charge on any atom is -0.379 e. The van der Waals surface area contributed by atoms with Crippen LogP contribution in [0, 0.1) is 17.6 Å². The van der Waals surface area contributed by atoms with Gasteiger partial charge in [0.2, 0.25) is 5.91 Å². The molecular formula is C13H16F2N2O2.